The number of aliphatic imine (C=N–C) groups is 1. The monoisotopic (exact) mass is 346 g/mol. The molecule has 2 N–H and O–H groups in total. The fourth-order valence-corrected chi connectivity index (χ4v) is 3.65. The molecule has 1 aliphatic rings. The first-order valence-electron chi connectivity index (χ1n) is 8.78. The van der Waals surface area contributed by atoms with Gasteiger partial charge >= 0.3 is 0 Å². The number of rotatable bonds is 7. The van der Waals surface area contributed by atoms with E-state index in [-0.39, 0.29) is 0 Å². The Bertz CT molecular complexity index is 603. The van der Waals surface area contributed by atoms with Crippen LogP contribution in [-0.2, 0) is 6.42 Å². The summed E-state index contributed by atoms with van der Waals surface area (Å²) in [5.74, 6) is 2.26. The quantitative estimate of drug-likeness (QED) is 0.594. The number of furan rings is 1. The summed E-state index contributed by atoms with van der Waals surface area (Å²) in [4.78, 5) is 9.18. The molecule has 2 heterocycles. The fourth-order valence-electron chi connectivity index (χ4n) is 2.96. The molecule has 1 saturated carbocycles. The first kappa shape index (κ1) is 17.0. The molecule has 130 valence electrons. The van der Waals surface area contributed by atoms with E-state index in [9.17, 15) is 0 Å². The Morgan fingerprint density at radius 1 is 1.46 bits per heavy atom. The Morgan fingerprint density at radius 2 is 2.33 bits per heavy atom. The number of hydrogen-bond acceptors (Lipinski definition) is 4. The zero-order valence-electron chi connectivity index (χ0n) is 14.2. The average Bonchev–Trinajstić information content (AvgIpc) is 3.34. The predicted octanol–water partition coefficient (Wildman–Crippen LogP) is 3.56. The molecule has 6 heteroatoms. The van der Waals surface area contributed by atoms with Crippen LogP contribution in [0.3, 0.4) is 0 Å². The maximum absolute atomic E-state index is 5.39. The number of hydrogen-bond donors (Lipinski definition) is 2. The maximum atomic E-state index is 5.39. The zero-order valence-corrected chi connectivity index (χ0v) is 15.0. The summed E-state index contributed by atoms with van der Waals surface area (Å²) < 4.78 is 5.39. The Balaban J connectivity index is 1.54. The van der Waals surface area contributed by atoms with E-state index in [0.717, 1.165) is 36.2 Å². The van der Waals surface area contributed by atoms with Crippen LogP contribution in [0.2, 0.25) is 0 Å². The van der Waals surface area contributed by atoms with Crippen molar-refractivity contribution in [2.75, 3.05) is 13.1 Å². The first-order chi connectivity index (χ1) is 11.8. The Kier molecular flexibility index (Phi) is 6.29. The molecule has 1 atom stereocenters. The van der Waals surface area contributed by atoms with Gasteiger partial charge in [0, 0.05) is 36.5 Å². The van der Waals surface area contributed by atoms with Gasteiger partial charge in [0.15, 0.2) is 5.96 Å². The van der Waals surface area contributed by atoms with E-state index in [4.69, 9.17) is 9.41 Å². The average molecular weight is 347 g/mol. The van der Waals surface area contributed by atoms with Gasteiger partial charge in [-0.2, -0.15) is 0 Å². The lowest BCUT2D eigenvalue weighted by Gasteiger charge is -2.18. The Morgan fingerprint density at radius 3 is 3.04 bits per heavy atom. The molecule has 1 aliphatic carbocycles. The second-order valence-corrected chi connectivity index (χ2v) is 7.27. The SMILES string of the molecule is CC(CN=C(NCCc1ccco1)NC1CCCC1)c1nccs1. The van der Waals surface area contributed by atoms with Crippen LogP contribution in [-0.4, -0.2) is 30.1 Å². The molecule has 0 saturated heterocycles. The van der Waals surface area contributed by atoms with Crippen LogP contribution in [0.25, 0.3) is 0 Å². The second kappa shape index (κ2) is 8.87. The van der Waals surface area contributed by atoms with Gasteiger partial charge in [0.25, 0.3) is 0 Å². The minimum Gasteiger partial charge on any atom is -0.469 e. The summed E-state index contributed by atoms with van der Waals surface area (Å²) in [6.07, 6.45) is 9.54. The van der Waals surface area contributed by atoms with Crippen molar-refractivity contribution in [3.63, 3.8) is 0 Å². The number of nitrogens with one attached hydrogen (secondary N) is 2. The molecular weight excluding hydrogens is 320 g/mol. The highest BCUT2D eigenvalue weighted by atomic mass is 32.1. The normalized spacial score (nSPS) is 17.1. The van der Waals surface area contributed by atoms with Crippen molar-refractivity contribution in [2.45, 2.75) is 51.0 Å². The molecule has 0 aromatic carbocycles. The van der Waals surface area contributed by atoms with E-state index in [1.54, 1.807) is 17.6 Å². The summed E-state index contributed by atoms with van der Waals surface area (Å²) in [5.41, 5.74) is 0. The Hall–Kier alpha value is -1.82. The smallest absolute Gasteiger partial charge is 0.191 e. The van der Waals surface area contributed by atoms with Gasteiger partial charge < -0.3 is 15.1 Å². The van der Waals surface area contributed by atoms with E-state index in [1.807, 2.05) is 23.7 Å². The summed E-state index contributed by atoms with van der Waals surface area (Å²) in [5, 5.41) is 10.2. The van der Waals surface area contributed by atoms with Crippen molar-refractivity contribution in [3.05, 3.63) is 40.7 Å². The first-order valence-corrected chi connectivity index (χ1v) is 9.66. The van der Waals surface area contributed by atoms with Crippen molar-refractivity contribution in [1.29, 1.82) is 0 Å². The highest BCUT2D eigenvalue weighted by molar-refractivity contribution is 7.09. The second-order valence-electron chi connectivity index (χ2n) is 6.34. The van der Waals surface area contributed by atoms with E-state index >= 15 is 0 Å². The lowest BCUT2D eigenvalue weighted by atomic mass is 10.2. The maximum Gasteiger partial charge on any atom is 0.191 e. The van der Waals surface area contributed by atoms with Gasteiger partial charge in [-0.05, 0) is 25.0 Å². The van der Waals surface area contributed by atoms with Crippen molar-refractivity contribution in [2.24, 2.45) is 4.99 Å². The molecule has 1 unspecified atom stereocenters. The molecule has 2 aromatic heterocycles. The van der Waals surface area contributed by atoms with Gasteiger partial charge in [0.2, 0.25) is 0 Å². The van der Waals surface area contributed by atoms with Crippen LogP contribution in [0.1, 0.15) is 49.3 Å². The molecule has 0 spiro atoms. The van der Waals surface area contributed by atoms with Crippen molar-refractivity contribution in [1.82, 2.24) is 15.6 Å². The van der Waals surface area contributed by atoms with E-state index in [0.29, 0.717) is 12.0 Å². The van der Waals surface area contributed by atoms with E-state index in [2.05, 4.69) is 22.5 Å². The van der Waals surface area contributed by atoms with Gasteiger partial charge in [-0.1, -0.05) is 19.8 Å². The summed E-state index contributed by atoms with van der Waals surface area (Å²) >= 11 is 1.70. The van der Waals surface area contributed by atoms with Crippen LogP contribution in [0, 0.1) is 0 Å². The van der Waals surface area contributed by atoms with Crippen molar-refractivity contribution < 1.29 is 4.42 Å². The van der Waals surface area contributed by atoms with Crippen LogP contribution >= 0.6 is 11.3 Å². The standard InChI is InChI=1S/C18H26N4OS/c1-14(17-19-10-12-24-17)13-21-18(22-15-5-2-3-6-15)20-9-8-16-7-4-11-23-16/h4,7,10-12,14-15H,2-3,5-6,8-9,13H2,1H3,(H2,20,21,22). The molecule has 0 aliphatic heterocycles. The summed E-state index contributed by atoms with van der Waals surface area (Å²) in [6, 6.07) is 4.49. The summed E-state index contributed by atoms with van der Waals surface area (Å²) in [6.45, 7) is 3.74. The van der Waals surface area contributed by atoms with Crippen molar-refractivity contribution >= 4 is 17.3 Å². The lowest BCUT2D eigenvalue weighted by molar-refractivity contribution is 0.505. The highest BCUT2D eigenvalue weighted by Gasteiger charge is 2.16. The number of guanidine groups is 1. The van der Waals surface area contributed by atoms with Crippen LogP contribution in [0.5, 0.6) is 0 Å². The number of aromatic nitrogens is 1. The molecule has 24 heavy (non-hydrogen) atoms. The lowest BCUT2D eigenvalue weighted by Crippen LogP contribution is -2.43. The molecule has 0 bridgehead atoms. The highest BCUT2D eigenvalue weighted by Crippen LogP contribution is 2.19. The summed E-state index contributed by atoms with van der Waals surface area (Å²) in [7, 11) is 0. The molecule has 2 aromatic rings. The molecule has 0 amide bonds. The molecule has 5 nitrogen and oxygen atoms in total. The fraction of sp³-hybridized carbons (Fsp3) is 0.556. The largest absolute Gasteiger partial charge is 0.469 e. The van der Waals surface area contributed by atoms with Gasteiger partial charge in [-0.25, -0.2) is 4.98 Å². The van der Waals surface area contributed by atoms with Gasteiger partial charge in [-0.3, -0.25) is 4.99 Å². The van der Waals surface area contributed by atoms with Gasteiger partial charge in [0.05, 0.1) is 17.8 Å². The van der Waals surface area contributed by atoms with E-state index in [1.165, 1.54) is 25.7 Å². The third-order valence-electron chi connectivity index (χ3n) is 4.34. The topological polar surface area (TPSA) is 62.5 Å². The number of nitrogens with zero attached hydrogens (tertiary/aromatic N) is 2. The van der Waals surface area contributed by atoms with Gasteiger partial charge in [-0.15, -0.1) is 11.3 Å². The molecule has 1 fully saturated rings. The van der Waals surface area contributed by atoms with E-state index < -0.39 is 0 Å². The predicted molar refractivity (Wildman–Crippen MR) is 98.6 cm³/mol. The van der Waals surface area contributed by atoms with Crippen molar-refractivity contribution in [3.8, 4) is 0 Å². The van der Waals surface area contributed by atoms with Gasteiger partial charge in [0.1, 0.15) is 5.76 Å². The molecule has 0 radical (unpaired) electrons. The molecular formula is C18H26N4OS. The Labute approximate surface area is 147 Å². The van der Waals surface area contributed by atoms with Crippen LogP contribution in [0.4, 0.5) is 0 Å². The minimum atomic E-state index is 0.345. The molecule has 3 rings (SSSR count). The number of thiazole rings is 1. The van der Waals surface area contributed by atoms with Crippen LogP contribution in [0.15, 0.2) is 39.4 Å². The van der Waals surface area contributed by atoms with Crippen LogP contribution < -0.4 is 10.6 Å². The third kappa shape index (κ3) is 5.09. The minimum absolute atomic E-state index is 0.345. The third-order valence-corrected chi connectivity index (χ3v) is 5.34. The zero-order chi connectivity index (χ0) is 16.6.